The maximum atomic E-state index is 13.5. The van der Waals surface area contributed by atoms with Gasteiger partial charge in [0, 0.05) is 48.8 Å². The molecule has 4 rings (SSSR count). The molecule has 9 heteroatoms. The monoisotopic (exact) mass is 455 g/mol. The number of halogens is 6. The third-order valence-corrected chi connectivity index (χ3v) is 6.10. The molecule has 0 atom stereocenters. The summed E-state index contributed by atoms with van der Waals surface area (Å²) in [5.41, 5.74) is 1.28. The Morgan fingerprint density at radius 3 is 2.38 bits per heavy atom. The molecule has 0 amide bonds. The van der Waals surface area contributed by atoms with E-state index in [4.69, 9.17) is 0 Å². The van der Waals surface area contributed by atoms with Crippen molar-refractivity contribution in [2.75, 3.05) is 20.1 Å². The van der Waals surface area contributed by atoms with Crippen molar-refractivity contribution >= 4 is 10.9 Å². The Balaban J connectivity index is 1.74. The first-order valence-corrected chi connectivity index (χ1v) is 10.4. The van der Waals surface area contributed by atoms with Crippen molar-refractivity contribution < 1.29 is 26.3 Å². The minimum atomic E-state index is -4.93. The van der Waals surface area contributed by atoms with Gasteiger partial charge < -0.3 is 9.47 Å². The molecule has 1 aliphatic heterocycles. The van der Waals surface area contributed by atoms with E-state index in [1.165, 1.54) is 5.56 Å². The average molecular weight is 455 g/mol. The second-order valence-electron chi connectivity index (χ2n) is 8.37. The quantitative estimate of drug-likeness (QED) is 0.476. The predicted octanol–water partition coefficient (Wildman–Crippen LogP) is 5.66. The van der Waals surface area contributed by atoms with E-state index in [2.05, 4.69) is 16.0 Å². The van der Waals surface area contributed by atoms with Gasteiger partial charge in [-0.3, -0.25) is 4.98 Å². The van der Waals surface area contributed by atoms with Crippen LogP contribution in [-0.2, 0) is 38.2 Å². The summed E-state index contributed by atoms with van der Waals surface area (Å²) in [4.78, 5) is 5.49. The maximum absolute atomic E-state index is 13.5. The zero-order valence-corrected chi connectivity index (χ0v) is 17.7. The largest absolute Gasteiger partial charge is 0.433 e. The van der Waals surface area contributed by atoms with Gasteiger partial charge in [-0.05, 0) is 56.1 Å². The van der Waals surface area contributed by atoms with Crippen molar-refractivity contribution in [3.63, 3.8) is 0 Å². The van der Waals surface area contributed by atoms with Gasteiger partial charge in [0.05, 0.1) is 5.56 Å². The van der Waals surface area contributed by atoms with Crippen LogP contribution < -0.4 is 0 Å². The van der Waals surface area contributed by atoms with E-state index in [0.717, 1.165) is 48.1 Å². The van der Waals surface area contributed by atoms with Crippen LogP contribution in [0.2, 0.25) is 0 Å². The zero-order valence-electron chi connectivity index (χ0n) is 17.7. The standard InChI is InChI=1S/C23H23F6N3/c1-14-3-4-19-17(11-14)16-6-8-31(2)9-7-20(16)32(19)10-5-15-13-30-21(23(27,28)29)12-18(15)22(24,25)26/h3-4,11-13H,5-10H2,1-2H3. The third-order valence-electron chi connectivity index (χ3n) is 6.10. The van der Waals surface area contributed by atoms with Crippen LogP contribution in [0.4, 0.5) is 26.3 Å². The van der Waals surface area contributed by atoms with Crippen LogP contribution in [-0.4, -0.2) is 34.6 Å². The van der Waals surface area contributed by atoms with Gasteiger partial charge in [0.15, 0.2) is 0 Å². The molecule has 0 spiro atoms. The van der Waals surface area contributed by atoms with Gasteiger partial charge >= 0.3 is 12.4 Å². The van der Waals surface area contributed by atoms with Crippen molar-refractivity contribution in [3.05, 3.63) is 64.1 Å². The first kappa shape index (κ1) is 22.6. The van der Waals surface area contributed by atoms with Gasteiger partial charge in [-0.15, -0.1) is 0 Å². The molecule has 2 aromatic heterocycles. The number of alkyl halides is 6. The molecule has 3 aromatic rings. The SMILES string of the molecule is Cc1ccc2c(c1)c1c(n2CCc2cnc(C(F)(F)F)cc2C(F)(F)F)CCN(C)CC1. The molecule has 0 N–H and O–H groups in total. The molecule has 0 aliphatic carbocycles. The molecule has 32 heavy (non-hydrogen) atoms. The molecule has 1 aliphatic rings. The summed E-state index contributed by atoms with van der Waals surface area (Å²) in [5.74, 6) is 0. The minimum absolute atomic E-state index is 0.0695. The topological polar surface area (TPSA) is 21.1 Å². The summed E-state index contributed by atoms with van der Waals surface area (Å²) < 4.78 is 81.4. The van der Waals surface area contributed by atoms with Crippen LogP contribution in [0.15, 0.2) is 30.5 Å². The lowest BCUT2D eigenvalue weighted by Crippen LogP contribution is -2.21. The highest BCUT2D eigenvalue weighted by Gasteiger charge is 2.39. The van der Waals surface area contributed by atoms with Gasteiger partial charge in [0.1, 0.15) is 5.69 Å². The van der Waals surface area contributed by atoms with E-state index in [-0.39, 0.29) is 24.6 Å². The number of hydrogen-bond acceptors (Lipinski definition) is 2. The highest BCUT2D eigenvalue weighted by atomic mass is 19.4. The second kappa shape index (κ2) is 8.10. The zero-order chi connectivity index (χ0) is 23.3. The van der Waals surface area contributed by atoms with E-state index >= 15 is 0 Å². The Morgan fingerprint density at radius 2 is 1.69 bits per heavy atom. The Labute approximate surface area is 181 Å². The normalized spacial score (nSPS) is 15.8. The lowest BCUT2D eigenvalue weighted by molar-refractivity contribution is -0.145. The van der Waals surface area contributed by atoms with Gasteiger partial charge in [0.25, 0.3) is 0 Å². The molecule has 0 fully saturated rings. The van der Waals surface area contributed by atoms with Gasteiger partial charge in [0.2, 0.25) is 0 Å². The lowest BCUT2D eigenvalue weighted by Gasteiger charge is -2.17. The summed E-state index contributed by atoms with van der Waals surface area (Å²) in [5, 5.41) is 1.09. The molecule has 0 unspecified atom stereocenters. The van der Waals surface area contributed by atoms with Crippen LogP contribution in [0.5, 0.6) is 0 Å². The maximum Gasteiger partial charge on any atom is 0.433 e. The molecular formula is C23H23F6N3. The van der Waals surface area contributed by atoms with E-state index in [0.29, 0.717) is 6.20 Å². The van der Waals surface area contributed by atoms with Crippen molar-refractivity contribution in [3.8, 4) is 0 Å². The number of fused-ring (bicyclic) bond motifs is 3. The molecule has 1 aromatic carbocycles. The Bertz CT molecular complexity index is 1140. The van der Waals surface area contributed by atoms with E-state index < -0.39 is 23.6 Å². The molecule has 0 bridgehead atoms. The van der Waals surface area contributed by atoms with Gasteiger partial charge in [-0.1, -0.05) is 11.6 Å². The van der Waals surface area contributed by atoms with Crippen LogP contribution in [0, 0.1) is 6.92 Å². The fraction of sp³-hybridized carbons (Fsp3) is 0.435. The highest BCUT2D eigenvalue weighted by molar-refractivity contribution is 5.86. The number of pyridine rings is 1. The Kier molecular flexibility index (Phi) is 5.73. The number of nitrogens with zero attached hydrogens (tertiary/aromatic N) is 3. The first-order chi connectivity index (χ1) is 14.9. The van der Waals surface area contributed by atoms with E-state index in [1.807, 2.05) is 30.7 Å². The third kappa shape index (κ3) is 4.35. The van der Waals surface area contributed by atoms with Gasteiger partial charge in [-0.25, -0.2) is 0 Å². The molecule has 3 heterocycles. The van der Waals surface area contributed by atoms with E-state index in [9.17, 15) is 26.3 Å². The number of rotatable bonds is 3. The van der Waals surface area contributed by atoms with Crippen molar-refractivity contribution in [2.24, 2.45) is 0 Å². The molecule has 0 saturated heterocycles. The predicted molar refractivity (Wildman–Crippen MR) is 110 cm³/mol. The molecule has 0 radical (unpaired) electrons. The molecular weight excluding hydrogens is 432 g/mol. The second-order valence-corrected chi connectivity index (χ2v) is 8.37. The number of aryl methyl sites for hydroxylation is 3. The Hall–Kier alpha value is -2.55. The number of aromatic nitrogens is 2. The van der Waals surface area contributed by atoms with Crippen molar-refractivity contribution in [2.45, 2.75) is 45.1 Å². The van der Waals surface area contributed by atoms with Gasteiger partial charge in [-0.2, -0.15) is 26.3 Å². The molecule has 172 valence electrons. The van der Waals surface area contributed by atoms with E-state index in [1.54, 1.807) is 0 Å². The molecule has 0 saturated carbocycles. The molecule has 3 nitrogen and oxygen atoms in total. The van der Waals surface area contributed by atoms with Crippen LogP contribution >= 0.6 is 0 Å². The summed E-state index contributed by atoms with van der Waals surface area (Å²) in [7, 11) is 2.03. The first-order valence-electron chi connectivity index (χ1n) is 10.4. The van der Waals surface area contributed by atoms with Crippen LogP contribution in [0.25, 0.3) is 10.9 Å². The summed E-state index contributed by atoms with van der Waals surface area (Å²) >= 11 is 0. The average Bonchev–Trinajstić information content (AvgIpc) is 2.84. The van der Waals surface area contributed by atoms with Crippen LogP contribution in [0.3, 0.4) is 0 Å². The van der Waals surface area contributed by atoms with Crippen molar-refractivity contribution in [1.82, 2.24) is 14.5 Å². The smallest absolute Gasteiger partial charge is 0.344 e. The summed E-state index contributed by atoms with van der Waals surface area (Å²) in [6.45, 7) is 3.95. The number of benzene rings is 1. The lowest BCUT2D eigenvalue weighted by atomic mass is 10.0. The highest BCUT2D eigenvalue weighted by Crippen LogP contribution is 2.37. The minimum Gasteiger partial charge on any atom is -0.344 e. The van der Waals surface area contributed by atoms with Crippen LogP contribution in [0.1, 0.15) is 33.6 Å². The fourth-order valence-electron chi connectivity index (χ4n) is 4.46. The van der Waals surface area contributed by atoms with Crippen molar-refractivity contribution in [1.29, 1.82) is 0 Å². The Morgan fingerprint density at radius 1 is 0.969 bits per heavy atom. The number of hydrogen-bond donors (Lipinski definition) is 0. The summed E-state index contributed by atoms with van der Waals surface area (Å²) in [6, 6.07) is 6.14. The summed E-state index contributed by atoms with van der Waals surface area (Å²) in [6.07, 6.45) is -7.58. The number of likely N-dealkylation sites (N-methyl/N-ethyl adjacent to an activating group) is 1. The fourth-order valence-corrected chi connectivity index (χ4v) is 4.46.